The van der Waals surface area contributed by atoms with Gasteiger partial charge in [-0.2, -0.15) is 12.6 Å². The number of amides is 1. The molecule has 1 amide bonds. The Kier molecular flexibility index (Phi) is 4.52. The highest BCUT2D eigenvalue weighted by Crippen LogP contribution is 2.36. The van der Waals surface area contributed by atoms with E-state index in [9.17, 15) is 9.59 Å². The Balaban J connectivity index is 2.35. The van der Waals surface area contributed by atoms with Crippen molar-refractivity contribution in [1.82, 2.24) is 0 Å². The minimum absolute atomic E-state index is 0.0232. The molecule has 0 aliphatic carbocycles. The molecule has 1 aromatic heterocycles. The minimum atomic E-state index is -0.358. The van der Waals surface area contributed by atoms with E-state index in [0.717, 1.165) is 11.3 Å². The molecule has 0 radical (unpaired) electrons. The molecule has 0 aromatic carbocycles. The van der Waals surface area contributed by atoms with Gasteiger partial charge < -0.3 is 9.64 Å². The molecule has 1 aliphatic rings. The number of carbonyl (C=O) groups is 2. The molecule has 1 aromatic rings. The van der Waals surface area contributed by atoms with E-state index >= 15 is 0 Å². The Morgan fingerprint density at radius 2 is 2.32 bits per heavy atom. The lowest BCUT2D eigenvalue weighted by molar-refractivity contribution is -0.116. The van der Waals surface area contributed by atoms with Crippen LogP contribution in [0.25, 0.3) is 0 Å². The summed E-state index contributed by atoms with van der Waals surface area (Å²) < 4.78 is 5.06. The second-order valence-corrected chi connectivity index (χ2v) is 6.21. The van der Waals surface area contributed by atoms with Gasteiger partial charge in [-0.1, -0.05) is 6.92 Å². The second kappa shape index (κ2) is 5.96. The van der Waals surface area contributed by atoms with Crippen molar-refractivity contribution in [3.05, 3.63) is 16.5 Å². The van der Waals surface area contributed by atoms with Crippen molar-refractivity contribution in [2.24, 2.45) is 0 Å². The highest BCUT2D eigenvalue weighted by molar-refractivity contribution is 7.81. The summed E-state index contributed by atoms with van der Waals surface area (Å²) >= 11 is 5.83. The monoisotopic (exact) mass is 299 g/mol. The van der Waals surface area contributed by atoms with Gasteiger partial charge >= 0.3 is 5.97 Å². The van der Waals surface area contributed by atoms with Gasteiger partial charge in [0.15, 0.2) is 0 Å². The number of rotatable bonds is 4. The van der Waals surface area contributed by atoms with Crippen LogP contribution in [0.5, 0.6) is 0 Å². The Morgan fingerprint density at radius 1 is 1.58 bits per heavy atom. The summed E-state index contributed by atoms with van der Waals surface area (Å²) in [6.45, 7) is 4.68. The fourth-order valence-corrected chi connectivity index (χ4v) is 3.47. The van der Waals surface area contributed by atoms with Crippen LogP contribution in [0.3, 0.4) is 0 Å². The van der Waals surface area contributed by atoms with E-state index in [-0.39, 0.29) is 17.1 Å². The molecular formula is C13H17NO3S2. The third kappa shape index (κ3) is 2.95. The zero-order valence-electron chi connectivity index (χ0n) is 11.0. The summed E-state index contributed by atoms with van der Waals surface area (Å²) in [5.41, 5.74) is 0.500. The third-order valence-electron chi connectivity index (χ3n) is 2.96. The summed E-state index contributed by atoms with van der Waals surface area (Å²) in [4.78, 5) is 26.7. The number of esters is 1. The first-order valence-corrected chi connectivity index (χ1v) is 7.68. The van der Waals surface area contributed by atoms with Crippen LogP contribution in [0, 0.1) is 0 Å². The van der Waals surface area contributed by atoms with Gasteiger partial charge in [0.1, 0.15) is 5.00 Å². The van der Waals surface area contributed by atoms with Crippen LogP contribution in [0.15, 0.2) is 6.07 Å². The maximum atomic E-state index is 12.0. The summed E-state index contributed by atoms with van der Waals surface area (Å²) in [6.07, 6.45) is 1.26. The lowest BCUT2D eigenvalue weighted by Crippen LogP contribution is -2.25. The molecule has 104 valence electrons. The van der Waals surface area contributed by atoms with Crippen LogP contribution in [-0.2, 0) is 16.0 Å². The first-order valence-electron chi connectivity index (χ1n) is 6.35. The zero-order chi connectivity index (χ0) is 14.0. The van der Waals surface area contributed by atoms with E-state index in [4.69, 9.17) is 4.74 Å². The third-order valence-corrected chi connectivity index (χ3v) is 4.61. The smallest absolute Gasteiger partial charge is 0.341 e. The standard InChI is InChI=1S/C13H17NO3S2/c1-3-9-6-10(13(16)17-4-2)12(19-9)14-7-8(18)5-11(14)15/h6,8,18H,3-5,7H2,1-2H3. The Bertz CT molecular complexity index is 498. The lowest BCUT2D eigenvalue weighted by atomic mass is 10.2. The summed E-state index contributed by atoms with van der Waals surface area (Å²) in [5.74, 6) is -0.334. The lowest BCUT2D eigenvalue weighted by Gasteiger charge is -2.15. The highest BCUT2D eigenvalue weighted by Gasteiger charge is 2.32. The van der Waals surface area contributed by atoms with Crippen molar-refractivity contribution in [2.75, 3.05) is 18.1 Å². The van der Waals surface area contributed by atoms with Crippen molar-refractivity contribution in [3.63, 3.8) is 0 Å². The number of thiophene rings is 1. The quantitative estimate of drug-likeness (QED) is 0.686. The van der Waals surface area contributed by atoms with E-state index in [1.807, 2.05) is 13.0 Å². The first kappa shape index (κ1) is 14.4. The zero-order valence-corrected chi connectivity index (χ0v) is 12.7. The maximum absolute atomic E-state index is 12.0. The molecule has 1 aliphatic heterocycles. The first-order chi connectivity index (χ1) is 9.06. The molecule has 1 saturated heterocycles. The van der Waals surface area contributed by atoms with Gasteiger partial charge in [-0.15, -0.1) is 11.3 Å². The highest BCUT2D eigenvalue weighted by atomic mass is 32.1. The minimum Gasteiger partial charge on any atom is -0.462 e. The van der Waals surface area contributed by atoms with Gasteiger partial charge in [-0.05, 0) is 19.4 Å². The van der Waals surface area contributed by atoms with Crippen LogP contribution < -0.4 is 4.90 Å². The van der Waals surface area contributed by atoms with Gasteiger partial charge in [0.05, 0.1) is 12.2 Å². The predicted octanol–water partition coefficient (Wildman–Crippen LogP) is 2.52. The summed E-state index contributed by atoms with van der Waals surface area (Å²) in [6, 6.07) is 1.83. The van der Waals surface area contributed by atoms with Crippen LogP contribution in [0.1, 0.15) is 35.5 Å². The molecule has 1 unspecified atom stereocenters. The molecule has 19 heavy (non-hydrogen) atoms. The number of hydrogen-bond acceptors (Lipinski definition) is 5. The van der Waals surface area contributed by atoms with Crippen LogP contribution in [0.4, 0.5) is 5.00 Å². The molecule has 0 N–H and O–H groups in total. The van der Waals surface area contributed by atoms with E-state index in [1.165, 1.54) is 11.3 Å². The van der Waals surface area contributed by atoms with Gasteiger partial charge in [0.25, 0.3) is 0 Å². The van der Waals surface area contributed by atoms with Gasteiger partial charge in [0, 0.05) is 23.1 Å². The van der Waals surface area contributed by atoms with Crippen molar-refractivity contribution < 1.29 is 14.3 Å². The normalized spacial score (nSPS) is 19.0. The average molecular weight is 299 g/mol. The Labute approximate surface area is 122 Å². The molecule has 0 bridgehead atoms. The van der Waals surface area contributed by atoms with Gasteiger partial charge in [-0.25, -0.2) is 4.79 Å². The molecular weight excluding hydrogens is 282 g/mol. The molecule has 2 rings (SSSR count). The average Bonchev–Trinajstić information content (AvgIpc) is 2.92. The van der Waals surface area contributed by atoms with E-state index in [2.05, 4.69) is 12.6 Å². The topological polar surface area (TPSA) is 46.6 Å². The number of anilines is 1. The van der Waals surface area contributed by atoms with Crippen molar-refractivity contribution in [3.8, 4) is 0 Å². The molecule has 0 spiro atoms. The summed E-state index contributed by atoms with van der Waals surface area (Å²) in [5, 5.41) is 0.742. The van der Waals surface area contributed by atoms with E-state index in [1.54, 1.807) is 11.8 Å². The molecule has 0 saturated carbocycles. The number of carbonyl (C=O) groups excluding carboxylic acids is 2. The predicted molar refractivity (Wildman–Crippen MR) is 79.4 cm³/mol. The number of thiol groups is 1. The van der Waals surface area contributed by atoms with Crippen LogP contribution in [0.2, 0.25) is 0 Å². The van der Waals surface area contributed by atoms with Crippen molar-refractivity contribution in [2.45, 2.75) is 31.9 Å². The van der Waals surface area contributed by atoms with Crippen LogP contribution >= 0.6 is 24.0 Å². The Morgan fingerprint density at radius 3 is 2.84 bits per heavy atom. The molecule has 1 atom stereocenters. The van der Waals surface area contributed by atoms with Crippen LogP contribution in [-0.4, -0.2) is 30.3 Å². The van der Waals surface area contributed by atoms with Gasteiger partial charge in [0.2, 0.25) is 5.91 Å². The van der Waals surface area contributed by atoms with E-state index < -0.39 is 0 Å². The number of hydrogen-bond donors (Lipinski definition) is 1. The van der Waals surface area contributed by atoms with Gasteiger partial charge in [-0.3, -0.25) is 4.79 Å². The molecule has 2 heterocycles. The fraction of sp³-hybridized carbons (Fsp3) is 0.538. The Hall–Kier alpha value is -1.01. The number of nitrogens with zero attached hydrogens (tertiary/aromatic N) is 1. The fourth-order valence-electron chi connectivity index (χ4n) is 2.05. The molecule has 1 fully saturated rings. The molecule has 4 nitrogen and oxygen atoms in total. The van der Waals surface area contributed by atoms with Crippen molar-refractivity contribution >= 4 is 40.8 Å². The largest absolute Gasteiger partial charge is 0.462 e. The molecule has 6 heteroatoms. The number of aryl methyl sites for hydroxylation is 1. The van der Waals surface area contributed by atoms with E-state index in [0.29, 0.717) is 30.1 Å². The number of ether oxygens (including phenoxy) is 1. The summed E-state index contributed by atoms with van der Waals surface area (Å²) in [7, 11) is 0. The maximum Gasteiger partial charge on any atom is 0.341 e. The second-order valence-electron chi connectivity index (χ2n) is 4.37. The van der Waals surface area contributed by atoms with Crippen molar-refractivity contribution in [1.29, 1.82) is 0 Å². The SMILES string of the molecule is CCOC(=O)c1cc(CC)sc1N1CC(S)CC1=O.